The van der Waals surface area contributed by atoms with Crippen molar-refractivity contribution in [3.63, 3.8) is 0 Å². The van der Waals surface area contributed by atoms with Crippen molar-refractivity contribution in [1.29, 1.82) is 0 Å². The highest BCUT2D eigenvalue weighted by molar-refractivity contribution is 14.1. The van der Waals surface area contributed by atoms with Crippen LogP contribution >= 0.6 is 22.6 Å². The Kier molecular flexibility index (Phi) is 5.64. The van der Waals surface area contributed by atoms with Crippen LogP contribution in [0.25, 0.3) is 10.8 Å². The maximum Gasteiger partial charge on any atom is 0.126 e. The summed E-state index contributed by atoms with van der Waals surface area (Å²) in [5.74, 6) is 6.81. The predicted octanol–water partition coefficient (Wildman–Crippen LogP) is 6.34. The third kappa shape index (κ3) is 4.37. The van der Waals surface area contributed by atoms with Gasteiger partial charge >= 0.3 is 0 Å². The van der Waals surface area contributed by atoms with Crippen molar-refractivity contribution in [3.8, 4) is 17.6 Å². The lowest BCUT2D eigenvalue weighted by atomic mass is 9.98. The molecule has 0 spiro atoms. The topological polar surface area (TPSA) is 20.2 Å². The summed E-state index contributed by atoms with van der Waals surface area (Å²) in [6.07, 6.45) is 1.43. The SMILES string of the molecule is Oc1c(Cc2ccc(I)cc2)ccc2ccc(C#CCc3ccccc3)cc12. The van der Waals surface area contributed by atoms with E-state index in [1.54, 1.807) is 0 Å². The molecule has 136 valence electrons. The van der Waals surface area contributed by atoms with Gasteiger partial charge in [0.1, 0.15) is 5.75 Å². The minimum Gasteiger partial charge on any atom is -0.507 e. The first-order chi connectivity index (χ1) is 13.7. The normalized spacial score (nSPS) is 10.5. The van der Waals surface area contributed by atoms with Crippen LogP contribution in [0.3, 0.4) is 0 Å². The first kappa shape index (κ1) is 18.6. The zero-order chi connectivity index (χ0) is 19.3. The first-order valence-corrected chi connectivity index (χ1v) is 10.3. The first-order valence-electron chi connectivity index (χ1n) is 9.21. The summed E-state index contributed by atoms with van der Waals surface area (Å²) in [5.41, 5.74) is 4.25. The van der Waals surface area contributed by atoms with E-state index in [1.165, 1.54) is 14.7 Å². The molecular weight excluding hydrogens is 455 g/mol. The number of hydrogen-bond donors (Lipinski definition) is 1. The zero-order valence-electron chi connectivity index (χ0n) is 15.3. The number of hydrogen-bond acceptors (Lipinski definition) is 1. The van der Waals surface area contributed by atoms with E-state index in [2.05, 4.69) is 76.9 Å². The monoisotopic (exact) mass is 474 g/mol. The molecule has 0 atom stereocenters. The lowest BCUT2D eigenvalue weighted by Crippen LogP contribution is -1.90. The van der Waals surface area contributed by atoms with Gasteiger partial charge in [-0.25, -0.2) is 0 Å². The number of halogens is 1. The fourth-order valence-corrected chi connectivity index (χ4v) is 3.60. The Balaban J connectivity index is 1.61. The Hall–Kier alpha value is -2.77. The molecule has 4 aromatic rings. The quantitative estimate of drug-likeness (QED) is 0.272. The highest BCUT2D eigenvalue weighted by Gasteiger charge is 2.08. The van der Waals surface area contributed by atoms with Crippen LogP contribution in [0, 0.1) is 15.4 Å². The van der Waals surface area contributed by atoms with Gasteiger partial charge in [-0.05, 0) is 68.9 Å². The van der Waals surface area contributed by atoms with Crippen LogP contribution in [0.15, 0.2) is 84.9 Å². The van der Waals surface area contributed by atoms with Crippen molar-refractivity contribution in [2.24, 2.45) is 0 Å². The molecule has 0 bridgehead atoms. The van der Waals surface area contributed by atoms with E-state index in [0.717, 1.165) is 28.3 Å². The molecular formula is C26H19IO. The van der Waals surface area contributed by atoms with Crippen LogP contribution in [0.1, 0.15) is 22.3 Å². The van der Waals surface area contributed by atoms with E-state index >= 15 is 0 Å². The maximum atomic E-state index is 10.8. The standard InChI is InChI=1S/C26H19IO/c27-24-15-10-21(11-16-24)17-23-14-13-22-12-9-20(18-25(22)26(23)28)8-4-7-19-5-2-1-3-6-19/h1-3,5-6,9-16,18,28H,7,17H2. The summed E-state index contributed by atoms with van der Waals surface area (Å²) in [6, 6.07) is 28.7. The number of phenols is 1. The van der Waals surface area contributed by atoms with Crippen LogP contribution in [0.5, 0.6) is 5.75 Å². The fraction of sp³-hybridized carbons (Fsp3) is 0.0769. The molecule has 2 heteroatoms. The fourth-order valence-electron chi connectivity index (χ4n) is 3.24. The summed E-state index contributed by atoms with van der Waals surface area (Å²) in [6.45, 7) is 0. The van der Waals surface area contributed by atoms with E-state index in [4.69, 9.17) is 0 Å². The van der Waals surface area contributed by atoms with Crippen molar-refractivity contribution in [2.45, 2.75) is 12.8 Å². The minimum atomic E-state index is 0.350. The van der Waals surface area contributed by atoms with Crippen LogP contribution < -0.4 is 0 Å². The molecule has 1 N–H and O–H groups in total. The van der Waals surface area contributed by atoms with Crippen LogP contribution in [-0.4, -0.2) is 5.11 Å². The van der Waals surface area contributed by atoms with Crippen molar-refractivity contribution in [2.75, 3.05) is 0 Å². The number of rotatable bonds is 3. The highest BCUT2D eigenvalue weighted by atomic mass is 127. The summed E-state index contributed by atoms with van der Waals surface area (Å²) in [5, 5.41) is 12.7. The molecule has 0 aliphatic heterocycles. The number of phenolic OH excluding ortho intramolecular Hbond substituents is 1. The third-order valence-electron chi connectivity index (χ3n) is 4.75. The molecule has 0 aromatic heterocycles. The Bertz CT molecular complexity index is 1170. The molecule has 0 amide bonds. The van der Waals surface area contributed by atoms with E-state index in [1.807, 2.05) is 42.5 Å². The van der Waals surface area contributed by atoms with Crippen molar-refractivity contribution >= 4 is 33.4 Å². The van der Waals surface area contributed by atoms with Gasteiger partial charge in [-0.3, -0.25) is 0 Å². The highest BCUT2D eigenvalue weighted by Crippen LogP contribution is 2.31. The van der Waals surface area contributed by atoms with Gasteiger partial charge in [0.05, 0.1) is 0 Å². The van der Waals surface area contributed by atoms with Gasteiger partial charge in [0.25, 0.3) is 0 Å². The number of benzene rings is 4. The van der Waals surface area contributed by atoms with Gasteiger partial charge in [0.2, 0.25) is 0 Å². The molecule has 0 radical (unpaired) electrons. The largest absolute Gasteiger partial charge is 0.507 e. The lowest BCUT2D eigenvalue weighted by Gasteiger charge is -2.09. The smallest absolute Gasteiger partial charge is 0.126 e. The van der Waals surface area contributed by atoms with Gasteiger partial charge in [0, 0.05) is 27.4 Å². The van der Waals surface area contributed by atoms with Crippen molar-refractivity contribution < 1.29 is 5.11 Å². The lowest BCUT2D eigenvalue weighted by molar-refractivity contribution is 0.476. The van der Waals surface area contributed by atoms with Gasteiger partial charge in [-0.2, -0.15) is 0 Å². The third-order valence-corrected chi connectivity index (χ3v) is 5.47. The minimum absolute atomic E-state index is 0.350. The van der Waals surface area contributed by atoms with Crippen molar-refractivity contribution in [3.05, 3.63) is 111 Å². The maximum absolute atomic E-state index is 10.8. The Morgan fingerprint density at radius 2 is 1.54 bits per heavy atom. The molecule has 0 saturated heterocycles. The van der Waals surface area contributed by atoms with E-state index < -0.39 is 0 Å². The molecule has 28 heavy (non-hydrogen) atoms. The average molecular weight is 474 g/mol. The van der Waals surface area contributed by atoms with E-state index in [0.29, 0.717) is 12.2 Å². The molecule has 0 unspecified atom stereocenters. The molecule has 0 aliphatic carbocycles. The summed E-state index contributed by atoms with van der Waals surface area (Å²) in [4.78, 5) is 0. The molecule has 1 nitrogen and oxygen atoms in total. The molecule has 0 aliphatic rings. The second-order valence-electron chi connectivity index (χ2n) is 6.78. The van der Waals surface area contributed by atoms with E-state index in [-0.39, 0.29) is 0 Å². The Labute approximate surface area is 179 Å². The Morgan fingerprint density at radius 3 is 2.32 bits per heavy atom. The van der Waals surface area contributed by atoms with Crippen LogP contribution in [0.4, 0.5) is 0 Å². The van der Waals surface area contributed by atoms with Crippen LogP contribution in [-0.2, 0) is 12.8 Å². The number of fused-ring (bicyclic) bond motifs is 1. The van der Waals surface area contributed by atoms with Crippen molar-refractivity contribution in [1.82, 2.24) is 0 Å². The second-order valence-corrected chi connectivity index (χ2v) is 8.02. The zero-order valence-corrected chi connectivity index (χ0v) is 17.5. The van der Waals surface area contributed by atoms with Gasteiger partial charge in [-0.15, -0.1) is 0 Å². The summed E-state index contributed by atoms with van der Waals surface area (Å²) < 4.78 is 1.21. The second kappa shape index (κ2) is 8.50. The summed E-state index contributed by atoms with van der Waals surface area (Å²) in [7, 11) is 0. The van der Waals surface area contributed by atoms with Gasteiger partial charge < -0.3 is 5.11 Å². The molecule has 0 heterocycles. The van der Waals surface area contributed by atoms with Gasteiger partial charge in [0.15, 0.2) is 0 Å². The Morgan fingerprint density at radius 1 is 0.786 bits per heavy atom. The predicted molar refractivity (Wildman–Crippen MR) is 125 cm³/mol. The number of aromatic hydroxyl groups is 1. The molecule has 0 fully saturated rings. The van der Waals surface area contributed by atoms with E-state index in [9.17, 15) is 5.11 Å². The molecule has 0 saturated carbocycles. The average Bonchev–Trinajstić information content (AvgIpc) is 2.73. The molecule has 4 aromatic carbocycles. The molecule has 4 rings (SSSR count). The summed E-state index contributed by atoms with van der Waals surface area (Å²) >= 11 is 2.30. The van der Waals surface area contributed by atoms with Gasteiger partial charge in [-0.1, -0.05) is 72.5 Å². The van der Waals surface area contributed by atoms with Crippen LogP contribution in [0.2, 0.25) is 0 Å².